The molecular weight excluding hydrogens is 208 g/mol. The van der Waals surface area contributed by atoms with Crippen molar-refractivity contribution in [1.82, 2.24) is 0 Å². The zero-order chi connectivity index (χ0) is 12.3. The largest absolute Gasteiger partial charge is 0.399 e. The second kappa shape index (κ2) is 4.66. The molecule has 84 valence electrons. The Hall–Kier alpha value is -2.35. The summed E-state index contributed by atoms with van der Waals surface area (Å²) in [5.41, 5.74) is 10.2. The molecule has 17 heavy (non-hydrogen) atoms. The average molecular weight is 222 g/mol. The fourth-order valence-electron chi connectivity index (χ4n) is 1.73. The summed E-state index contributed by atoms with van der Waals surface area (Å²) in [5.74, 6) is 0. The Kier molecular flexibility index (Phi) is 3.06. The van der Waals surface area contributed by atoms with Crippen molar-refractivity contribution in [3.63, 3.8) is 0 Å². The number of nitrogens with zero attached hydrogens (tertiary/aromatic N) is 1. The summed E-state index contributed by atoms with van der Waals surface area (Å²) in [6, 6.07) is 15.5. The molecular formula is C15H14N2. The number of rotatable bonds is 3. The van der Waals surface area contributed by atoms with Crippen LogP contribution in [0, 0.1) is 0 Å². The minimum atomic E-state index is 0.699. The molecule has 0 heterocycles. The van der Waals surface area contributed by atoms with Crippen molar-refractivity contribution in [2.24, 2.45) is 4.99 Å². The van der Waals surface area contributed by atoms with E-state index >= 15 is 0 Å². The van der Waals surface area contributed by atoms with Gasteiger partial charge < -0.3 is 5.73 Å². The molecule has 0 atom stereocenters. The number of nitrogens with two attached hydrogens (primary N) is 1. The first-order valence-corrected chi connectivity index (χ1v) is 5.33. The maximum absolute atomic E-state index is 5.79. The minimum absolute atomic E-state index is 0.699. The van der Waals surface area contributed by atoms with E-state index in [0.717, 1.165) is 22.4 Å². The molecule has 2 nitrogen and oxygen atoms in total. The van der Waals surface area contributed by atoms with Crippen LogP contribution in [-0.4, -0.2) is 6.72 Å². The fourth-order valence-corrected chi connectivity index (χ4v) is 1.73. The van der Waals surface area contributed by atoms with Gasteiger partial charge in [-0.25, -0.2) is 0 Å². The molecule has 2 rings (SSSR count). The molecule has 0 spiro atoms. The van der Waals surface area contributed by atoms with Crippen molar-refractivity contribution in [1.29, 1.82) is 0 Å². The zero-order valence-corrected chi connectivity index (χ0v) is 9.56. The molecule has 2 aromatic carbocycles. The van der Waals surface area contributed by atoms with E-state index in [9.17, 15) is 0 Å². The fraction of sp³-hybridized carbons (Fsp3) is 0. The standard InChI is InChI=1S/C15H14N2/c1-11(12-6-4-3-5-7-12)14-10-13(16)8-9-15(14)17-2/h3-10H,1-2,16H2. The molecule has 0 bridgehead atoms. The van der Waals surface area contributed by atoms with Crippen LogP contribution in [0.1, 0.15) is 11.1 Å². The number of nitrogen functional groups attached to an aromatic ring is 1. The van der Waals surface area contributed by atoms with Gasteiger partial charge in [0.15, 0.2) is 0 Å². The van der Waals surface area contributed by atoms with Gasteiger partial charge in [0.1, 0.15) is 0 Å². The monoisotopic (exact) mass is 222 g/mol. The third-order valence-electron chi connectivity index (χ3n) is 2.64. The van der Waals surface area contributed by atoms with Crippen molar-refractivity contribution in [2.75, 3.05) is 5.73 Å². The number of hydrogen-bond donors (Lipinski definition) is 1. The second-order valence-corrected chi connectivity index (χ2v) is 3.78. The van der Waals surface area contributed by atoms with Gasteiger partial charge in [0.25, 0.3) is 0 Å². The van der Waals surface area contributed by atoms with E-state index < -0.39 is 0 Å². The molecule has 2 N–H and O–H groups in total. The Bertz CT molecular complexity index is 556. The molecule has 0 aliphatic rings. The molecule has 0 unspecified atom stereocenters. The van der Waals surface area contributed by atoms with E-state index in [2.05, 4.69) is 18.3 Å². The lowest BCUT2D eigenvalue weighted by Gasteiger charge is -2.10. The molecule has 0 aliphatic heterocycles. The van der Waals surface area contributed by atoms with Gasteiger partial charge in [-0.2, -0.15) is 0 Å². The molecule has 0 amide bonds. The van der Waals surface area contributed by atoms with Crippen LogP contribution in [0.25, 0.3) is 5.57 Å². The van der Waals surface area contributed by atoms with Crippen LogP contribution in [0.15, 0.2) is 60.1 Å². The van der Waals surface area contributed by atoms with Gasteiger partial charge in [0.05, 0.1) is 5.69 Å². The van der Waals surface area contributed by atoms with Crippen LogP contribution < -0.4 is 5.73 Å². The Morgan fingerprint density at radius 2 is 1.76 bits per heavy atom. The number of anilines is 1. The number of aliphatic imine (C=N–C) groups is 1. The highest BCUT2D eigenvalue weighted by atomic mass is 14.7. The lowest BCUT2D eigenvalue weighted by molar-refractivity contribution is 1.48. The number of hydrogen-bond acceptors (Lipinski definition) is 2. The van der Waals surface area contributed by atoms with Crippen molar-refractivity contribution in [3.05, 3.63) is 66.2 Å². The summed E-state index contributed by atoms with van der Waals surface area (Å²) in [5, 5.41) is 0. The van der Waals surface area contributed by atoms with Gasteiger partial charge in [0, 0.05) is 11.3 Å². The SMILES string of the molecule is C=Nc1ccc(N)cc1C(=C)c1ccccc1. The zero-order valence-electron chi connectivity index (χ0n) is 9.56. The lowest BCUT2D eigenvalue weighted by atomic mass is 9.98. The van der Waals surface area contributed by atoms with Gasteiger partial charge >= 0.3 is 0 Å². The van der Waals surface area contributed by atoms with Crippen molar-refractivity contribution in [3.8, 4) is 0 Å². The van der Waals surface area contributed by atoms with Crippen molar-refractivity contribution in [2.45, 2.75) is 0 Å². The van der Waals surface area contributed by atoms with Crippen LogP contribution >= 0.6 is 0 Å². The average Bonchev–Trinajstić information content (AvgIpc) is 2.39. The van der Waals surface area contributed by atoms with Gasteiger partial charge in [-0.3, -0.25) is 4.99 Å². The van der Waals surface area contributed by atoms with Crippen LogP contribution in [0.5, 0.6) is 0 Å². The molecule has 0 saturated heterocycles. The molecule has 2 heteroatoms. The summed E-state index contributed by atoms with van der Waals surface area (Å²) in [6.07, 6.45) is 0. The third kappa shape index (κ3) is 2.26. The molecule has 0 fully saturated rings. The van der Waals surface area contributed by atoms with E-state index in [1.807, 2.05) is 48.5 Å². The number of benzene rings is 2. The van der Waals surface area contributed by atoms with Crippen molar-refractivity contribution < 1.29 is 0 Å². The van der Waals surface area contributed by atoms with Gasteiger partial charge in [-0.15, -0.1) is 0 Å². The summed E-state index contributed by atoms with van der Waals surface area (Å²) in [4.78, 5) is 3.99. The Labute approximate surface area is 101 Å². The summed E-state index contributed by atoms with van der Waals surface area (Å²) in [6.45, 7) is 7.67. The molecule has 0 saturated carbocycles. The molecule has 0 aliphatic carbocycles. The Balaban J connectivity index is 2.50. The van der Waals surface area contributed by atoms with Gasteiger partial charge in [-0.05, 0) is 36.1 Å². The normalized spacial score (nSPS) is 9.88. The second-order valence-electron chi connectivity index (χ2n) is 3.78. The van der Waals surface area contributed by atoms with Crippen molar-refractivity contribution >= 4 is 23.7 Å². The summed E-state index contributed by atoms with van der Waals surface area (Å²) in [7, 11) is 0. The Morgan fingerprint density at radius 1 is 1.06 bits per heavy atom. The maximum atomic E-state index is 5.79. The quantitative estimate of drug-likeness (QED) is 0.624. The summed E-state index contributed by atoms with van der Waals surface area (Å²) >= 11 is 0. The highest BCUT2D eigenvalue weighted by Gasteiger charge is 2.07. The first kappa shape index (κ1) is 11.1. The van der Waals surface area contributed by atoms with E-state index in [4.69, 9.17) is 5.73 Å². The van der Waals surface area contributed by atoms with Crippen LogP contribution in [0.4, 0.5) is 11.4 Å². The first-order chi connectivity index (χ1) is 8.22. The highest BCUT2D eigenvalue weighted by molar-refractivity contribution is 5.85. The first-order valence-electron chi connectivity index (χ1n) is 5.33. The summed E-state index contributed by atoms with van der Waals surface area (Å²) < 4.78 is 0. The van der Waals surface area contributed by atoms with E-state index in [-0.39, 0.29) is 0 Å². The van der Waals surface area contributed by atoms with Gasteiger partial charge in [-0.1, -0.05) is 36.9 Å². The molecule has 0 radical (unpaired) electrons. The van der Waals surface area contributed by atoms with E-state index in [1.54, 1.807) is 0 Å². The molecule has 2 aromatic rings. The highest BCUT2D eigenvalue weighted by Crippen LogP contribution is 2.31. The smallest absolute Gasteiger partial charge is 0.0702 e. The van der Waals surface area contributed by atoms with Gasteiger partial charge in [0.2, 0.25) is 0 Å². The maximum Gasteiger partial charge on any atom is 0.0702 e. The minimum Gasteiger partial charge on any atom is -0.399 e. The predicted molar refractivity (Wildman–Crippen MR) is 74.6 cm³/mol. The topological polar surface area (TPSA) is 38.4 Å². The van der Waals surface area contributed by atoms with Crippen LogP contribution in [-0.2, 0) is 0 Å². The van der Waals surface area contributed by atoms with E-state index in [1.165, 1.54) is 0 Å². The molecule has 0 aromatic heterocycles. The lowest BCUT2D eigenvalue weighted by Crippen LogP contribution is -1.90. The predicted octanol–water partition coefficient (Wildman–Crippen LogP) is 3.66. The third-order valence-corrected chi connectivity index (χ3v) is 2.64. The Morgan fingerprint density at radius 3 is 2.41 bits per heavy atom. The van der Waals surface area contributed by atoms with Crippen LogP contribution in [0.3, 0.4) is 0 Å². The van der Waals surface area contributed by atoms with Crippen LogP contribution in [0.2, 0.25) is 0 Å². The van der Waals surface area contributed by atoms with E-state index in [0.29, 0.717) is 5.69 Å².